The molecule has 0 heterocycles. The third-order valence-corrected chi connectivity index (χ3v) is 4.31. The van der Waals surface area contributed by atoms with E-state index in [-0.39, 0.29) is 4.90 Å². The smallest absolute Gasteiger partial charge is 0.333 e. The lowest BCUT2D eigenvalue weighted by molar-refractivity contribution is -0.146. The summed E-state index contributed by atoms with van der Waals surface area (Å²) in [5.74, 6) is -1.49. The van der Waals surface area contributed by atoms with Crippen molar-refractivity contribution in [2.45, 2.75) is 11.0 Å². The van der Waals surface area contributed by atoms with Gasteiger partial charge in [0.1, 0.15) is 0 Å². The molecule has 1 atom stereocenters. The average Bonchev–Trinajstić information content (AvgIpc) is 2.26. The van der Waals surface area contributed by atoms with Crippen molar-refractivity contribution < 1.29 is 23.4 Å². The van der Waals surface area contributed by atoms with Crippen molar-refractivity contribution in [3.8, 4) is 0 Å². The molecule has 0 aliphatic rings. The summed E-state index contributed by atoms with van der Waals surface area (Å²) in [5.41, 5.74) is 0. The molecule has 0 amide bonds. The molecule has 0 bridgehead atoms. The number of carboxylic acids is 1. The van der Waals surface area contributed by atoms with Gasteiger partial charge in [0, 0.05) is 11.0 Å². The number of hydrogen-bond acceptors (Lipinski definition) is 4. The maximum atomic E-state index is 11.7. The summed E-state index contributed by atoms with van der Waals surface area (Å²) < 4.78 is 25.8. The first-order chi connectivity index (χ1) is 7.84. The summed E-state index contributed by atoms with van der Waals surface area (Å²) in [4.78, 5) is 10.3. The molecule has 17 heavy (non-hydrogen) atoms. The third kappa shape index (κ3) is 3.77. The number of carboxylic acid groups (broad SMARTS) is 1. The average molecular weight is 324 g/mol. The Labute approximate surface area is 106 Å². The van der Waals surface area contributed by atoms with E-state index in [0.717, 1.165) is 0 Å². The maximum absolute atomic E-state index is 11.7. The molecular weight excluding hydrogens is 314 g/mol. The zero-order valence-electron chi connectivity index (χ0n) is 8.50. The molecule has 0 fully saturated rings. The Hall–Kier alpha value is -0.960. The number of benzene rings is 1. The number of sulfonamides is 1. The summed E-state index contributed by atoms with van der Waals surface area (Å²) >= 11 is 3.07. The topological polar surface area (TPSA) is 104 Å². The Balaban J connectivity index is 2.84. The summed E-state index contributed by atoms with van der Waals surface area (Å²) in [6.07, 6.45) is -1.77. The monoisotopic (exact) mass is 323 g/mol. The molecule has 0 aliphatic heterocycles. The molecule has 94 valence electrons. The van der Waals surface area contributed by atoms with E-state index in [0.29, 0.717) is 4.47 Å². The highest BCUT2D eigenvalue weighted by Crippen LogP contribution is 2.20. The number of rotatable bonds is 5. The summed E-state index contributed by atoms with van der Waals surface area (Å²) in [6, 6.07) is 6.09. The molecule has 0 aliphatic carbocycles. The van der Waals surface area contributed by atoms with Gasteiger partial charge in [0.15, 0.2) is 6.10 Å². The van der Waals surface area contributed by atoms with E-state index in [1.54, 1.807) is 12.1 Å². The zero-order valence-corrected chi connectivity index (χ0v) is 10.9. The van der Waals surface area contributed by atoms with Crippen molar-refractivity contribution in [2.24, 2.45) is 0 Å². The minimum Gasteiger partial charge on any atom is -0.479 e. The van der Waals surface area contributed by atoms with Gasteiger partial charge in [-0.2, -0.15) is 0 Å². The Kier molecular flexibility index (Phi) is 4.63. The summed E-state index contributed by atoms with van der Waals surface area (Å²) in [7, 11) is -3.84. The highest BCUT2D eigenvalue weighted by atomic mass is 79.9. The van der Waals surface area contributed by atoms with Crippen LogP contribution in [0.4, 0.5) is 0 Å². The quantitative estimate of drug-likeness (QED) is 0.716. The van der Waals surface area contributed by atoms with E-state index in [9.17, 15) is 13.2 Å². The Morgan fingerprint density at radius 3 is 2.53 bits per heavy atom. The van der Waals surface area contributed by atoms with Gasteiger partial charge in [-0.15, -0.1) is 0 Å². The van der Waals surface area contributed by atoms with E-state index in [2.05, 4.69) is 15.9 Å². The van der Waals surface area contributed by atoms with Gasteiger partial charge in [-0.25, -0.2) is 17.9 Å². The molecule has 0 radical (unpaired) electrons. The normalized spacial score (nSPS) is 13.3. The molecule has 1 aromatic rings. The van der Waals surface area contributed by atoms with Crippen molar-refractivity contribution in [2.75, 3.05) is 6.54 Å². The third-order valence-electron chi connectivity index (χ3n) is 1.88. The number of nitrogens with one attached hydrogen (secondary N) is 1. The highest BCUT2D eigenvalue weighted by molar-refractivity contribution is 9.10. The number of hydrogen-bond donors (Lipinski definition) is 3. The number of halogens is 1. The van der Waals surface area contributed by atoms with Gasteiger partial charge in [-0.05, 0) is 28.1 Å². The fraction of sp³-hybridized carbons (Fsp3) is 0.222. The van der Waals surface area contributed by atoms with Crippen LogP contribution in [0.25, 0.3) is 0 Å². The van der Waals surface area contributed by atoms with Gasteiger partial charge in [0.2, 0.25) is 10.0 Å². The van der Waals surface area contributed by atoms with Crippen LogP contribution in [0.15, 0.2) is 33.6 Å². The minimum atomic E-state index is -3.84. The van der Waals surface area contributed by atoms with Crippen LogP contribution in [0.2, 0.25) is 0 Å². The van der Waals surface area contributed by atoms with Gasteiger partial charge in [-0.1, -0.05) is 12.1 Å². The largest absolute Gasteiger partial charge is 0.479 e. The fourth-order valence-corrected chi connectivity index (χ4v) is 3.06. The number of aliphatic hydroxyl groups is 1. The van der Waals surface area contributed by atoms with Crippen LogP contribution in [-0.2, 0) is 14.8 Å². The van der Waals surface area contributed by atoms with Crippen molar-refractivity contribution in [1.29, 1.82) is 0 Å². The molecule has 0 saturated heterocycles. The standard InChI is InChI=1S/C9H10BrNO5S/c10-6-3-1-2-4-8(6)17(15,16)11-5-7(12)9(13)14/h1-4,7,11-12H,5H2,(H,13,14). The lowest BCUT2D eigenvalue weighted by Gasteiger charge is -2.09. The van der Waals surface area contributed by atoms with Crippen LogP contribution in [0.5, 0.6) is 0 Å². The van der Waals surface area contributed by atoms with Crippen molar-refractivity contribution in [3.63, 3.8) is 0 Å². The summed E-state index contributed by atoms with van der Waals surface area (Å²) in [5, 5.41) is 17.4. The van der Waals surface area contributed by atoms with Crippen molar-refractivity contribution in [1.82, 2.24) is 4.72 Å². The van der Waals surface area contributed by atoms with E-state index in [1.807, 2.05) is 4.72 Å². The van der Waals surface area contributed by atoms with Crippen LogP contribution in [0.3, 0.4) is 0 Å². The van der Waals surface area contributed by atoms with Crippen LogP contribution in [-0.4, -0.2) is 37.2 Å². The molecule has 6 nitrogen and oxygen atoms in total. The molecular formula is C9H10BrNO5S. The zero-order chi connectivity index (χ0) is 13.1. The van der Waals surface area contributed by atoms with E-state index in [4.69, 9.17) is 10.2 Å². The molecule has 3 N–H and O–H groups in total. The highest BCUT2D eigenvalue weighted by Gasteiger charge is 2.20. The van der Waals surface area contributed by atoms with Gasteiger partial charge in [0.05, 0.1) is 4.90 Å². The number of aliphatic hydroxyl groups excluding tert-OH is 1. The molecule has 1 rings (SSSR count). The molecule has 0 saturated carbocycles. The van der Waals surface area contributed by atoms with Crippen LogP contribution in [0, 0.1) is 0 Å². The molecule has 1 aromatic carbocycles. The van der Waals surface area contributed by atoms with Crippen molar-refractivity contribution >= 4 is 31.9 Å². The van der Waals surface area contributed by atoms with Crippen LogP contribution in [0.1, 0.15) is 0 Å². The Bertz CT molecular complexity index is 516. The van der Waals surface area contributed by atoms with Crippen LogP contribution < -0.4 is 4.72 Å². The van der Waals surface area contributed by atoms with Crippen LogP contribution >= 0.6 is 15.9 Å². The second kappa shape index (κ2) is 5.58. The SMILES string of the molecule is O=C(O)C(O)CNS(=O)(=O)c1ccccc1Br. The Morgan fingerprint density at radius 2 is 2.00 bits per heavy atom. The fourth-order valence-electron chi connectivity index (χ4n) is 1.02. The first-order valence-corrected chi connectivity index (χ1v) is 6.77. The van der Waals surface area contributed by atoms with Gasteiger partial charge in [0.25, 0.3) is 0 Å². The molecule has 0 spiro atoms. The van der Waals surface area contributed by atoms with Gasteiger partial charge in [-0.3, -0.25) is 0 Å². The Morgan fingerprint density at radius 1 is 1.41 bits per heavy atom. The number of aliphatic carboxylic acids is 1. The number of carbonyl (C=O) groups is 1. The minimum absolute atomic E-state index is 0.0161. The molecule has 0 aromatic heterocycles. The lowest BCUT2D eigenvalue weighted by atomic mass is 10.4. The molecule has 1 unspecified atom stereocenters. The molecule has 8 heteroatoms. The predicted molar refractivity (Wildman–Crippen MR) is 63.0 cm³/mol. The maximum Gasteiger partial charge on any atom is 0.333 e. The van der Waals surface area contributed by atoms with E-state index in [1.165, 1.54) is 12.1 Å². The second-order valence-corrected chi connectivity index (χ2v) is 5.73. The van der Waals surface area contributed by atoms with E-state index >= 15 is 0 Å². The lowest BCUT2D eigenvalue weighted by Crippen LogP contribution is -2.36. The van der Waals surface area contributed by atoms with E-state index < -0.39 is 28.6 Å². The summed E-state index contributed by atoms with van der Waals surface area (Å²) in [6.45, 7) is -0.584. The van der Waals surface area contributed by atoms with Gasteiger partial charge < -0.3 is 10.2 Å². The first kappa shape index (κ1) is 14.1. The van der Waals surface area contributed by atoms with Crippen molar-refractivity contribution in [3.05, 3.63) is 28.7 Å². The predicted octanol–water partition coefficient (Wildman–Crippen LogP) is 0.173. The first-order valence-electron chi connectivity index (χ1n) is 4.49. The second-order valence-electron chi connectivity index (χ2n) is 3.14. The van der Waals surface area contributed by atoms with Gasteiger partial charge >= 0.3 is 5.97 Å².